The number of halogens is 1. The Balaban J connectivity index is 1.71. The molecule has 0 aliphatic carbocycles. The number of nitrogens with zero attached hydrogens (tertiary/aromatic N) is 3. The first-order valence-electron chi connectivity index (χ1n) is 11.2. The van der Waals surface area contributed by atoms with Crippen LogP contribution in [0.5, 0.6) is 0 Å². The summed E-state index contributed by atoms with van der Waals surface area (Å²) in [5, 5.41) is 11.7. The molecular weight excluding hydrogens is 459 g/mol. The molecule has 1 fully saturated rings. The van der Waals surface area contributed by atoms with Crippen LogP contribution in [0.2, 0.25) is 0 Å². The Labute approximate surface area is 201 Å². The van der Waals surface area contributed by atoms with Gasteiger partial charge in [-0.05, 0) is 55.2 Å². The highest BCUT2D eigenvalue weighted by atomic mass is 19.1. The van der Waals surface area contributed by atoms with Gasteiger partial charge in [0.15, 0.2) is 6.61 Å². The van der Waals surface area contributed by atoms with Gasteiger partial charge in [-0.3, -0.25) is 19.7 Å². The maximum atomic E-state index is 13.3. The fourth-order valence-corrected chi connectivity index (χ4v) is 3.84. The standard InChI is InChI=1S/C24H27FN4O6/c1-16-8-11-27(12-9-16)20-7-2-17(14-21(20)29(33)34)24(32)35-15-23(31)28(13-10-22(26)30)19-5-3-18(25)4-6-19/h2-7,14,16H,8-13,15H2,1H3,(H2,26,30). The monoisotopic (exact) mass is 486 g/mol. The van der Waals surface area contributed by atoms with Crippen molar-refractivity contribution in [1.82, 2.24) is 0 Å². The van der Waals surface area contributed by atoms with Crippen molar-refractivity contribution in [3.63, 3.8) is 0 Å². The van der Waals surface area contributed by atoms with Gasteiger partial charge in [0.1, 0.15) is 11.5 Å². The van der Waals surface area contributed by atoms with Gasteiger partial charge >= 0.3 is 5.97 Å². The summed E-state index contributed by atoms with van der Waals surface area (Å²) >= 11 is 0. The molecule has 2 amide bonds. The molecule has 0 saturated carbocycles. The first-order valence-corrected chi connectivity index (χ1v) is 11.2. The lowest BCUT2D eigenvalue weighted by molar-refractivity contribution is -0.384. The highest BCUT2D eigenvalue weighted by molar-refractivity contribution is 5.98. The minimum atomic E-state index is -0.908. The van der Waals surface area contributed by atoms with Gasteiger partial charge in [-0.1, -0.05) is 6.92 Å². The number of carbonyl (C=O) groups excluding carboxylic acids is 3. The second kappa shape index (κ2) is 11.4. The van der Waals surface area contributed by atoms with Gasteiger partial charge in [-0.15, -0.1) is 0 Å². The number of carbonyl (C=O) groups is 3. The molecule has 2 N–H and O–H groups in total. The van der Waals surface area contributed by atoms with Gasteiger partial charge in [0, 0.05) is 37.8 Å². The van der Waals surface area contributed by atoms with E-state index in [9.17, 15) is 28.9 Å². The molecule has 2 aromatic carbocycles. The highest BCUT2D eigenvalue weighted by Crippen LogP contribution is 2.32. The quantitative estimate of drug-likeness (QED) is 0.327. The number of hydrogen-bond acceptors (Lipinski definition) is 7. The Morgan fingerprint density at radius 3 is 2.43 bits per heavy atom. The lowest BCUT2D eigenvalue weighted by Gasteiger charge is -2.31. The molecular formula is C24H27FN4O6. The number of primary amides is 1. The van der Waals surface area contributed by atoms with Crippen molar-refractivity contribution in [2.24, 2.45) is 11.7 Å². The predicted octanol–water partition coefficient (Wildman–Crippen LogP) is 3.04. The summed E-state index contributed by atoms with van der Waals surface area (Å²) in [5.41, 5.74) is 5.62. The molecule has 35 heavy (non-hydrogen) atoms. The van der Waals surface area contributed by atoms with Crippen LogP contribution in [-0.2, 0) is 14.3 Å². The number of amides is 2. The topological polar surface area (TPSA) is 136 Å². The first kappa shape index (κ1) is 25.6. The molecule has 1 heterocycles. The van der Waals surface area contributed by atoms with Crippen molar-refractivity contribution >= 4 is 34.8 Å². The predicted molar refractivity (Wildman–Crippen MR) is 127 cm³/mol. The van der Waals surface area contributed by atoms with Crippen molar-refractivity contribution in [2.75, 3.05) is 36.0 Å². The molecule has 186 valence electrons. The summed E-state index contributed by atoms with van der Waals surface area (Å²) in [6.07, 6.45) is 1.69. The normalized spacial score (nSPS) is 13.8. The van der Waals surface area contributed by atoms with Crippen LogP contribution in [0.3, 0.4) is 0 Å². The minimum absolute atomic E-state index is 0.0657. The van der Waals surface area contributed by atoms with Crippen molar-refractivity contribution in [2.45, 2.75) is 26.2 Å². The summed E-state index contributed by atoms with van der Waals surface area (Å²) in [4.78, 5) is 50.7. The summed E-state index contributed by atoms with van der Waals surface area (Å²) in [6.45, 7) is 2.73. The number of piperidine rings is 1. The summed E-state index contributed by atoms with van der Waals surface area (Å²) in [6, 6.07) is 9.08. The molecule has 0 unspecified atom stereocenters. The molecule has 0 bridgehead atoms. The van der Waals surface area contributed by atoms with E-state index in [-0.39, 0.29) is 24.2 Å². The number of ether oxygens (including phenoxy) is 1. The maximum Gasteiger partial charge on any atom is 0.338 e. The van der Waals surface area contributed by atoms with E-state index in [0.717, 1.165) is 35.9 Å². The van der Waals surface area contributed by atoms with Gasteiger partial charge in [0.05, 0.1) is 10.5 Å². The van der Waals surface area contributed by atoms with Crippen molar-refractivity contribution in [1.29, 1.82) is 0 Å². The number of hydrogen-bond donors (Lipinski definition) is 1. The Bertz CT molecular complexity index is 1100. The number of nitro groups is 1. The number of nitrogens with two attached hydrogens (primary N) is 1. The van der Waals surface area contributed by atoms with Gasteiger partial charge < -0.3 is 20.3 Å². The van der Waals surface area contributed by atoms with E-state index >= 15 is 0 Å². The van der Waals surface area contributed by atoms with Crippen molar-refractivity contribution in [3.8, 4) is 0 Å². The zero-order valence-electron chi connectivity index (χ0n) is 19.3. The first-order chi connectivity index (χ1) is 16.7. The summed E-state index contributed by atoms with van der Waals surface area (Å²) < 4.78 is 18.4. The molecule has 0 radical (unpaired) electrons. The van der Waals surface area contributed by atoms with Crippen LogP contribution < -0.4 is 15.5 Å². The van der Waals surface area contributed by atoms with Gasteiger partial charge in [0.2, 0.25) is 5.91 Å². The van der Waals surface area contributed by atoms with E-state index in [4.69, 9.17) is 10.5 Å². The van der Waals surface area contributed by atoms with Crippen LogP contribution in [0.1, 0.15) is 36.5 Å². The largest absolute Gasteiger partial charge is 0.452 e. The van der Waals surface area contributed by atoms with Crippen molar-refractivity contribution in [3.05, 3.63) is 64.0 Å². The van der Waals surface area contributed by atoms with E-state index < -0.39 is 35.1 Å². The van der Waals surface area contributed by atoms with Crippen LogP contribution in [0.4, 0.5) is 21.5 Å². The molecule has 2 aromatic rings. The van der Waals surface area contributed by atoms with Crippen molar-refractivity contribution < 1.29 is 28.4 Å². The second-order valence-corrected chi connectivity index (χ2v) is 8.44. The van der Waals surface area contributed by atoms with E-state index in [1.807, 2.05) is 4.90 Å². The maximum absolute atomic E-state index is 13.3. The van der Waals surface area contributed by atoms with Gasteiger partial charge in [-0.2, -0.15) is 0 Å². The Kier molecular flexibility index (Phi) is 8.34. The van der Waals surface area contributed by atoms with Crippen LogP contribution in [-0.4, -0.2) is 48.9 Å². The minimum Gasteiger partial charge on any atom is -0.452 e. The fraction of sp³-hybridized carbons (Fsp3) is 0.375. The number of rotatable bonds is 9. The zero-order chi connectivity index (χ0) is 25.5. The third-order valence-corrected chi connectivity index (χ3v) is 5.88. The molecule has 11 heteroatoms. The number of benzene rings is 2. The Hall–Kier alpha value is -4.02. The highest BCUT2D eigenvalue weighted by Gasteiger charge is 2.26. The molecule has 3 rings (SSSR count). The van der Waals surface area contributed by atoms with E-state index in [1.165, 1.54) is 24.3 Å². The van der Waals surface area contributed by atoms with E-state index in [2.05, 4.69) is 6.92 Å². The Morgan fingerprint density at radius 2 is 1.83 bits per heavy atom. The third kappa shape index (κ3) is 6.75. The van der Waals surface area contributed by atoms with Gasteiger partial charge in [-0.25, -0.2) is 9.18 Å². The van der Waals surface area contributed by atoms with E-state index in [0.29, 0.717) is 30.4 Å². The zero-order valence-corrected chi connectivity index (χ0v) is 19.3. The molecule has 1 saturated heterocycles. The lowest BCUT2D eigenvalue weighted by atomic mass is 9.98. The molecule has 10 nitrogen and oxygen atoms in total. The molecule has 1 aliphatic rings. The average molecular weight is 487 g/mol. The smallest absolute Gasteiger partial charge is 0.338 e. The molecule has 0 aromatic heterocycles. The summed E-state index contributed by atoms with van der Waals surface area (Å²) in [7, 11) is 0. The third-order valence-electron chi connectivity index (χ3n) is 5.88. The summed E-state index contributed by atoms with van der Waals surface area (Å²) in [5.74, 6) is -2.17. The lowest BCUT2D eigenvalue weighted by Crippen LogP contribution is -2.37. The fourth-order valence-electron chi connectivity index (χ4n) is 3.84. The van der Waals surface area contributed by atoms with Crippen LogP contribution in [0.15, 0.2) is 42.5 Å². The molecule has 1 aliphatic heterocycles. The van der Waals surface area contributed by atoms with Crippen LogP contribution >= 0.6 is 0 Å². The SMILES string of the molecule is CC1CCN(c2ccc(C(=O)OCC(=O)N(CCC(N)=O)c3ccc(F)cc3)cc2[N+](=O)[O-])CC1. The Morgan fingerprint density at radius 1 is 1.17 bits per heavy atom. The molecule has 0 atom stereocenters. The van der Waals surface area contributed by atoms with Gasteiger partial charge in [0.25, 0.3) is 11.6 Å². The number of anilines is 2. The van der Waals surface area contributed by atoms with Crippen LogP contribution in [0.25, 0.3) is 0 Å². The average Bonchev–Trinajstić information content (AvgIpc) is 2.83. The van der Waals surface area contributed by atoms with E-state index in [1.54, 1.807) is 0 Å². The number of esters is 1. The number of nitro benzene ring substituents is 1. The molecule has 0 spiro atoms. The second-order valence-electron chi connectivity index (χ2n) is 8.44. The van der Waals surface area contributed by atoms with Crippen LogP contribution in [0, 0.1) is 21.8 Å².